The Morgan fingerprint density at radius 3 is 2.46 bits per heavy atom. The Bertz CT molecular complexity index is 1270. The van der Waals surface area contributed by atoms with Gasteiger partial charge in [-0.05, 0) is 18.2 Å². The Morgan fingerprint density at radius 1 is 1.20 bits per heavy atom. The summed E-state index contributed by atoms with van der Waals surface area (Å²) < 4.78 is 65.3. The second-order valence-corrected chi connectivity index (χ2v) is 11.7. The zero-order valence-corrected chi connectivity index (χ0v) is 20.7. The van der Waals surface area contributed by atoms with Crippen molar-refractivity contribution in [2.24, 2.45) is 0 Å². The predicted octanol–water partition coefficient (Wildman–Crippen LogP) is 2.87. The lowest BCUT2D eigenvalue weighted by atomic mass is 9.90. The van der Waals surface area contributed by atoms with E-state index in [2.05, 4.69) is 10.1 Å². The van der Waals surface area contributed by atoms with E-state index in [0.29, 0.717) is 18.8 Å². The van der Waals surface area contributed by atoms with Gasteiger partial charge in [0.25, 0.3) is 0 Å². The summed E-state index contributed by atoms with van der Waals surface area (Å²) in [6.45, 7) is 2.26. The van der Waals surface area contributed by atoms with Gasteiger partial charge in [0.05, 0.1) is 30.4 Å². The van der Waals surface area contributed by atoms with Crippen LogP contribution in [0, 0.1) is 11.6 Å². The van der Waals surface area contributed by atoms with Crippen molar-refractivity contribution in [1.82, 2.24) is 14.8 Å². The molecule has 1 aliphatic rings. The van der Waals surface area contributed by atoms with E-state index in [-0.39, 0.29) is 22.8 Å². The second-order valence-electron chi connectivity index (χ2n) is 8.34. The number of nitrogens with zero attached hydrogens (tertiary/aromatic N) is 3. The molecule has 2 aromatic carbocycles. The molecule has 35 heavy (non-hydrogen) atoms. The Morgan fingerprint density at radius 2 is 1.89 bits per heavy atom. The van der Waals surface area contributed by atoms with Gasteiger partial charge in [-0.15, -0.1) is 11.8 Å². The van der Waals surface area contributed by atoms with Gasteiger partial charge in [0.1, 0.15) is 29.9 Å². The van der Waals surface area contributed by atoms with Crippen LogP contribution in [0.5, 0.6) is 0 Å². The summed E-state index contributed by atoms with van der Waals surface area (Å²) in [4.78, 5) is 4.05. The van der Waals surface area contributed by atoms with Crippen LogP contribution < -0.4 is 0 Å². The van der Waals surface area contributed by atoms with Gasteiger partial charge in [0.2, 0.25) is 5.79 Å². The number of rotatable bonds is 9. The molecule has 188 valence electrons. The van der Waals surface area contributed by atoms with Gasteiger partial charge >= 0.3 is 0 Å². The van der Waals surface area contributed by atoms with Crippen molar-refractivity contribution in [3.8, 4) is 0 Å². The lowest BCUT2D eigenvalue weighted by molar-refractivity contribution is -0.145. The first-order valence-electron chi connectivity index (χ1n) is 10.7. The van der Waals surface area contributed by atoms with Gasteiger partial charge in [-0.3, -0.25) is 0 Å². The fraction of sp³-hybridized carbons (Fsp3) is 0.391. The minimum Gasteiger partial charge on any atom is -0.382 e. The number of sulfone groups is 1. The van der Waals surface area contributed by atoms with E-state index < -0.39 is 38.1 Å². The third-order valence-corrected chi connectivity index (χ3v) is 8.50. The van der Waals surface area contributed by atoms with E-state index in [1.54, 1.807) is 19.1 Å². The molecule has 0 spiro atoms. The molecule has 1 saturated heterocycles. The molecule has 0 unspecified atom stereocenters. The summed E-state index contributed by atoms with van der Waals surface area (Å²) >= 11 is 1.27. The molecule has 0 saturated carbocycles. The summed E-state index contributed by atoms with van der Waals surface area (Å²) in [5, 5.41) is 15.1. The quantitative estimate of drug-likeness (QED) is 0.455. The lowest BCUT2D eigenvalue weighted by Gasteiger charge is -2.36. The molecule has 0 aliphatic carbocycles. The molecule has 2 atom stereocenters. The molecule has 1 aliphatic heterocycles. The van der Waals surface area contributed by atoms with Crippen molar-refractivity contribution >= 4 is 21.6 Å². The van der Waals surface area contributed by atoms with Crippen LogP contribution in [0.15, 0.2) is 60.0 Å². The minimum atomic E-state index is -3.37. The van der Waals surface area contributed by atoms with Crippen LogP contribution >= 0.6 is 11.8 Å². The summed E-state index contributed by atoms with van der Waals surface area (Å²) in [5.41, 5.74) is -1.24. The maximum atomic E-state index is 14.8. The second kappa shape index (κ2) is 9.94. The molecule has 1 fully saturated rings. The molecule has 0 bridgehead atoms. The van der Waals surface area contributed by atoms with Crippen molar-refractivity contribution in [3.05, 3.63) is 77.9 Å². The third-order valence-electron chi connectivity index (χ3n) is 5.94. The first-order chi connectivity index (χ1) is 16.5. The first-order valence-corrected chi connectivity index (χ1v) is 13.7. The zero-order chi connectivity index (χ0) is 25.3. The van der Waals surface area contributed by atoms with E-state index >= 15 is 0 Å². The average Bonchev–Trinajstić information content (AvgIpc) is 3.49. The Hall–Kier alpha value is -2.38. The molecule has 12 heteroatoms. The van der Waals surface area contributed by atoms with E-state index in [9.17, 15) is 22.3 Å². The molecule has 4 rings (SSSR count). The van der Waals surface area contributed by atoms with Gasteiger partial charge in [0, 0.05) is 28.7 Å². The summed E-state index contributed by atoms with van der Waals surface area (Å²) in [7, 11) is -3.37. The Labute approximate surface area is 206 Å². The highest BCUT2D eigenvalue weighted by Crippen LogP contribution is 2.41. The van der Waals surface area contributed by atoms with Gasteiger partial charge in [-0.2, -0.15) is 5.10 Å². The largest absolute Gasteiger partial charge is 0.382 e. The number of thioether (sulfide) groups is 1. The van der Waals surface area contributed by atoms with E-state index in [4.69, 9.17) is 9.47 Å². The van der Waals surface area contributed by atoms with Crippen LogP contribution in [-0.4, -0.2) is 58.8 Å². The summed E-state index contributed by atoms with van der Waals surface area (Å²) in [6.07, 6.45) is 3.83. The molecule has 1 N–H and O–H groups in total. The number of ether oxygens (including phenoxy) is 2. The highest BCUT2D eigenvalue weighted by Gasteiger charge is 2.44. The number of hydrogen-bond donors (Lipinski definition) is 1. The van der Waals surface area contributed by atoms with Gasteiger partial charge in [-0.25, -0.2) is 26.9 Å². The van der Waals surface area contributed by atoms with Crippen molar-refractivity contribution in [1.29, 1.82) is 0 Å². The van der Waals surface area contributed by atoms with Crippen LogP contribution in [0.3, 0.4) is 0 Å². The molecule has 1 aromatic heterocycles. The monoisotopic (exact) mass is 525 g/mol. The first kappa shape index (κ1) is 25.7. The number of benzene rings is 2. The fourth-order valence-electron chi connectivity index (χ4n) is 3.95. The number of halogens is 2. The van der Waals surface area contributed by atoms with Gasteiger partial charge in [-0.1, -0.05) is 25.1 Å². The standard InChI is InChI=1S/C23H25F2N3O5S2/c1-16(22(29,12-28-15-26-14-27-28)20-8-5-18(24)11-21(20)25)34-13-23(32-9-10-33-23)17-3-6-19(7-4-17)35(2,30)31/h3-8,11,14-16,29H,9-10,12-13H2,1-2H3/t16-,22-/m1/s1. The van der Waals surface area contributed by atoms with Crippen LogP contribution in [0.4, 0.5) is 8.78 Å². The molecular formula is C23H25F2N3O5S2. The van der Waals surface area contributed by atoms with Crippen molar-refractivity contribution in [2.45, 2.75) is 35.0 Å². The molecule has 2 heterocycles. The average molecular weight is 526 g/mol. The summed E-state index contributed by atoms with van der Waals surface area (Å²) in [6, 6.07) is 9.29. The van der Waals surface area contributed by atoms with E-state index in [1.165, 1.54) is 47.3 Å². The molecule has 0 radical (unpaired) electrons. The van der Waals surface area contributed by atoms with Crippen molar-refractivity contribution < 1.29 is 31.8 Å². The SMILES string of the molecule is C[C@@H](SCC1(c2ccc(S(C)(=O)=O)cc2)OCCO1)[C@](O)(Cn1cncn1)c1ccc(F)cc1F. The smallest absolute Gasteiger partial charge is 0.204 e. The van der Waals surface area contributed by atoms with Crippen LogP contribution in [-0.2, 0) is 37.2 Å². The number of aromatic nitrogens is 3. The van der Waals surface area contributed by atoms with Gasteiger partial charge < -0.3 is 14.6 Å². The van der Waals surface area contributed by atoms with Crippen molar-refractivity contribution in [3.63, 3.8) is 0 Å². The Balaban J connectivity index is 1.62. The maximum Gasteiger partial charge on any atom is 0.204 e. The fourth-order valence-corrected chi connectivity index (χ4v) is 5.86. The maximum absolute atomic E-state index is 14.8. The highest BCUT2D eigenvalue weighted by molar-refractivity contribution is 8.00. The number of aliphatic hydroxyl groups is 1. The molecule has 0 amide bonds. The molecular weight excluding hydrogens is 500 g/mol. The lowest BCUT2D eigenvalue weighted by Crippen LogP contribution is -2.42. The molecule has 8 nitrogen and oxygen atoms in total. The third kappa shape index (κ3) is 5.41. The summed E-state index contributed by atoms with van der Waals surface area (Å²) in [5.74, 6) is -2.59. The minimum absolute atomic E-state index is 0.0748. The topological polar surface area (TPSA) is 104 Å². The van der Waals surface area contributed by atoms with Crippen LogP contribution in [0.1, 0.15) is 18.1 Å². The van der Waals surface area contributed by atoms with Gasteiger partial charge in [0.15, 0.2) is 9.84 Å². The highest BCUT2D eigenvalue weighted by atomic mass is 32.2. The predicted molar refractivity (Wildman–Crippen MR) is 125 cm³/mol. The normalized spacial score (nSPS) is 18.3. The zero-order valence-electron chi connectivity index (χ0n) is 19.1. The number of hydrogen-bond acceptors (Lipinski definition) is 8. The van der Waals surface area contributed by atoms with Crippen LogP contribution in [0.2, 0.25) is 0 Å². The Kier molecular flexibility index (Phi) is 7.30. The van der Waals surface area contributed by atoms with Crippen LogP contribution in [0.25, 0.3) is 0 Å². The van der Waals surface area contributed by atoms with Crippen molar-refractivity contribution in [2.75, 3.05) is 25.2 Å². The van der Waals surface area contributed by atoms with E-state index in [0.717, 1.165) is 18.4 Å². The molecule has 3 aromatic rings. The van der Waals surface area contributed by atoms with E-state index in [1.807, 2.05) is 0 Å².